The van der Waals surface area contributed by atoms with Crippen LogP contribution in [-0.2, 0) is 12.0 Å². The molecule has 0 aromatic carbocycles. The van der Waals surface area contributed by atoms with E-state index < -0.39 is 0 Å². The Bertz CT molecular complexity index is 568. The molecule has 2 aromatic heterocycles. The van der Waals surface area contributed by atoms with E-state index >= 15 is 0 Å². The molecule has 0 saturated carbocycles. The minimum atomic E-state index is -0.125. The molecule has 0 atom stereocenters. The maximum Gasteiger partial charge on any atom is 0.138 e. The molecule has 0 fully saturated rings. The maximum absolute atomic E-state index is 5.98. The molecule has 0 aliphatic carbocycles. The third-order valence-corrected chi connectivity index (χ3v) is 3.05. The number of nitrogens with two attached hydrogens (primary N) is 1. The van der Waals surface area contributed by atoms with Gasteiger partial charge in [-0.2, -0.15) is 5.10 Å². The molecule has 108 valence electrons. The lowest BCUT2D eigenvalue weighted by molar-refractivity contribution is 0.546. The van der Waals surface area contributed by atoms with Crippen molar-refractivity contribution in [3.63, 3.8) is 0 Å². The summed E-state index contributed by atoms with van der Waals surface area (Å²) in [6.07, 6.45) is 3.70. The topological polar surface area (TPSA) is 81.6 Å². The summed E-state index contributed by atoms with van der Waals surface area (Å²) in [5, 5.41) is 7.48. The van der Waals surface area contributed by atoms with Crippen LogP contribution in [0.2, 0.25) is 0 Å². The lowest BCUT2D eigenvalue weighted by Crippen LogP contribution is -2.20. The molecule has 0 amide bonds. The molecule has 2 heterocycles. The highest BCUT2D eigenvalue weighted by molar-refractivity contribution is 5.55. The van der Waals surface area contributed by atoms with Crippen molar-refractivity contribution in [3.05, 3.63) is 29.8 Å². The average molecular weight is 274 g/mol. The molecule has 0 aliphatic heterocycles. The summed E-state index contributed by atoms with van der Waals surface area (Å²) in [4.78, 5) is 8.96. The Morgan fingerprint density at radius 3 is 2.65 bits per heavy atom. The smallest absolute Gasteiger partial charge is 0.138 e. The highest BCUT2D eigenvalue weighted by atomic mass is 15.3. The number of aromatic nitrogens is 4. The first-order valence-corrected chi connectivity index (χ1v) is 6.74. The Hall–Kier alpha value is -2.11. The van der Waals surface area contributed by atoms with Gasteiger partial charge in [0.25, 0.3) is 0 Å². The van der Waals surface area contributed by atoms with E-state index in [0.29, 0.717) is 5.82 Å². The van der Waals surface area contributed by atoms with Crippen LogP contribution in [0, 0.1) is 6.92 Å². The van der Waals surface area contributed by atoms with Gasteiger partial charge in [-0.15, -0.1) is 0 Å². The van der Waals surface area contributed by atoms with Crippen LogP contribution in [0.25, 0.3) is 0 Å². The van der Waals surface area contributed by atoms with E-state index in [0.717, 1.165) is 30.3 Å². The molecule has 0 bridgehead atoms. The quantitative estimate of drug-likeness (QED) is 0.891. The molecule has 3 N–H and O–H groups in total. The molecular weight excluding hydrogens is 252 g/mol. The van der Waals surface area contributed by atoms with E-state index in [9.17, 15) is 0 Å². The Morgan fingerprint density at radius 2 is 2.05 bits per heavy atom. The van der Waals surface area contributed by atoms with Gasteiger partial charge in [0.2, 0.25) is 0 Å². The molecular formula is C14H22N6. The SMILES string of the molecule is Cc1c(N)nc(C(C)(C)C)nc1NCCn1cccn1. The van der Waals surface area contributed by atoms with Crippen LogP contribution in [0.1, 0.15) is 32.2 Å². The molecule has 0 aliphatic rings. The number of nitrogens with zero attached hydrogens (tertiary/aromatic N) is 4. The Kier molecular flexibility index (Phi) is 3.92. The first-order chi connectivity index (χ1) is 9.38. The van der Waals surface area contributed by atoms with E-state index in [1.165, 1.54) is 0 Å². The zero-order valence-corrected chi connectivity index (χ0v) is 12.5. The zero-order valence-electron chi connectivity index (χ0n) is 12.5. The van der Waals surface area contributed by atoms with Gasteiger partial charge < -0.3 is 11.1 Å². The zero-order chi connectivity index (χ0) is 14.8. The third kappa shape index (κ3) is 3.26. The van der Waals surface area contributed by atoms with Gasteiger partial charge >= 0.3 is 0 Å². The van der Waals surface area contributed by atoms with Gasteiger partial charge in [0.1, 0.15) is 17.5 Å². The second-order valence-electron chi connectivity index (χ2n) is 5.85. The monoisotopic (exact) mass is 274 g/mol. The van der Waals surface area contributed by atoms with Gasteiger partial charge in [0.15, 0.2) is 0 Å². The second-order valence-corrected chi connectivity index (χ2v) is 5.85. The van der Waals surface area contributed by atoms with Crippen LogP contribution >= 0.6 is 0 Å². The first kappa shape index (κ1) is 14.3. The molecule has 0 unspecified atom stereocenters. The van der Waals surface area contributed by atoms with Crippen LogP contribution in [0.5, 0.6) is 0 Å². The molecule has 0 spiro atoms. The van der Waals surface area contributed by atoms with Gasteiger partial charge in [-0.3, -0.25) is 4.68 Å². The van der Waals surface area contributed by atoms with Crippen molar-refractivity contribution >= 4 is 11.6 Å². The summed E-state index contributed by atoms with van der Waals surface area (Å²) in [5.74, 6) is 2.09. The van der Waals surface area contributed by atoms with Crippen LogP contribution in [0.15, 0.2) is 18.5 Å². The molecule has 2 aromatic rings. The standard InChI is InChI=1S/C14H22N6/c1-10-11(15)18-13(14(2,3)4)19-12(10)16-7-9-20-8-5-6-17-20/h5-6,8H,7,9H2,1-4H3,(H3,15,16,18,19). The number of hydrogen-bond acceptors (Lipinski definition) is 5. The van der Waals surface area contributed by atoms with Gasteiger partial charge in [-0.05, 0) is 13.0 Å². The van der Waals surface area contributed by atoms with E-state index in [-0.39, 0.29) is 5.41 Å². The predicted molar refractivity (Wildman–Crippen MR) is 80.6 cm³/mol. The van der Waals surface area contributed by atoms with Crippen LogP contribution in [-0.4, -0.2) is 26.3 Å². The van der Waals surface area contributed by atoms with E-state index in [4.69, 9.17) is 5.73 Å². The number of nitrogens with one attached hydrogen (secondary N) is 1. The van der Waals surface area contributed by atoms with Crippen molar-refractivity contribution < 1.29 is 0 Å². The Balaban J connectivity index is 2.12. The predicted octanol–water partition coefficient (Wildman–Crippen LogP) is 1.97. The number of hydrogen-bond donors (Lipinski definition) is 2. The van der Waals surface area contributed by atoms with Crippen molar-refractivity contribution in [3.8, 4) is 0 Å². The average Bonchev–Trinajstić information content (AvgIpc) is 2.86. The number of anilines is 2. The lowest BCUT2D eigenvalue weighted by Gasteiger charge is -2.19. The van der Waals surface area contributed by atoms with Crippen molar-refractivity contribution in [2.75, 3.05) is 17.6 Å². The fourth-order valence-electron chi connectivity index (χ4n) is 1.76. The third-order valence-electron chi connectivity index (χ3n) is 3.05. The largest absolute Gasteiger partial charge is 0.383 e. The van der Waals surface area contributed by atoms with E-state index in [1.807, 2.05) is 23.9 Å². The summed E-state index contributed by atoms with van der Waals surface area (Å²) in [7, 11) is 0. The molecule has 0 radical (unpaired) electrons. The Labute approximate surface area is 119 Å². The van der Waals surface area contributed by atoms with Crippen LogP contribution in [0.4, 0.5) is 11.6 Å². The van der Waals surface area contributed by atoms with Crippen molar-refractivity contribution in [1.29, 1.82) is 0 Å². The summed E-state index contributed by atoms with van der Waals surface area (Å²) in [5.41, 5.74) is 6.74. The number of nitrogen functional groups attached to an aromatic ring is 1. The van der Waals surface area contributed by atoms with Crippen molar-refractivity contribution in [1.82, 2.24) is 19.7 Å². The maximum atomic E-state index is 5.98. The second kappa shape index (κ2) is 5.48. The fraction of sp³-hybridized carbons (Fsp3) is 0.500. The van der Waals surface area contributed by atoms with Crippen molar-refractivity contribution in [2.24, 2.45) is 0 Å². The first-order valence-electron chi connectivity index (χ1n) is 6.74. The number of rotatable bonds is 4. The minimum absolute atomic E-state index is 0.125. The van der Waals surface area contributed by atoms with Gasteiger partial charge in [-0.25, -0.2) is 9.97 Å². The molecule has 6 heteroatoms. The summed E-state index contributed by atoms with van der Waals surface area (Å²) in [6.45, 7) is 9.67. The fourth-order valence-corrected chi connectivity index (χ4v) is 1.76. The summed E-state index contributed by atoms with van der Waals surface area (Å²) in [6, 6.07) is 1.91. The van der Waals surface area contributed by atoms with Crippen LogP contribution in [0.3, 0.4) is 0 Å². The molecule has 0 saturated heterocycles. The van der Waals surface area contributed by atoms with Crippen molar-refractivity contribution in [2.45, 2.75) is 39.7 Å². The molecule has 20 heavy (non-hydrogen) atoms. The summed E-state index contributed by atoms with van der Waals surface area (Å²) >= 11 is 0. The lowest BCUT2D eigenvalue weighted by atomic mass is 9.95. The minimum Gasteiger partial charge on any atom is -0.383 e. The Morgan fingerprint density at radius 1 is 1.30 bits per heavy atom. The highest BCUT2D eigenvalue weighted by Crippen LogP contribution is 2.24. The van der Waals surface area contributed by atoms with Gasteiger partial charge in [0.05, 0.1) is 6.54 Å². The van der Waals surface area contributed by atoms with Crippen LogP contribution < -0.4 is 11.1 Å². The summed E-state index contributed by atoms with van der Waals surface area (Å²) < 4.78 is 1.87. The van der Waals surface area contributed by atoms with E-state index in [2.05, 4.69) is 41.2 Å². The highest BCUT2D eigenvalue weighted by Gasteiger charge is 2.20. The molecule has 6 nitrogen and oxygen atoms in total. The molecule has 2 rings (SSSR count). The normalized spacial score (nSPS) is 11.6. The van der Waals surface area contributed by atoms with Gasteiger partial charge in [0, 0.05) is 29.9 Å². The van der Waals surface area contributed by atoms with E-state index in [1.54, 1.807) is 6.20 Å². The van der Waals surface area contributed by atoms with Gasteiger partial charge in [-0.1, -0.05) is 20.8 Å².